The Morgan fingerprint density at radius 3 is 2.57 bits per heavy atom. The fourth-order valence-electron chi connectivity index (χ4n) is 1.71. The van der Waals surface area contributed by atoms with Crippen LogP contribution in [0, 0.1) is 6.92 Å². The van der Waals surface area contributed by atoms with Crippen LogP contribution in [0.25, 0.3) is 0 Å². The number of nitrogens with one attached hydrogen (secondary N) is 2. The summed E-state index contributed by atoms with van der Waals surface area (Å²) in [6.45, 7) is 4.04. The molecule has 7 heteroatoms. The summed E-state index contributed by atoms with van der Waals surface area (Å²) in [6.07, 6.45) is 0. The second kappa shape index (κ2) is 12.1. The van der Waals surface area contributed by atoms with Gasteiger partial charge in [0.05, 0.1) is 19.7 Å². The molecule has 0 bridgehead atoms. The predicted octanol–water partition coefficient (Wildman–Crippen LogP) is 1.38. The molecular formula is C16H27IN4O2. The molecule has 23 heavy (non-hydrogen) atoms. The number of carbonyl (C=O) groups is 1. The Bertz CT molecular complexity index is 507. The number of halogens is 1. The van der Waals surface area contributed by atoms with Crippen molar-refractivity contribution < 1.29 is 9.53 Å². The SMILES string of the molecule is COCCNC(=NCc1ccccc1C)NCC(=O)N(C)C.I. The van der Waals surface area contributed by atoms with Crippen LogP contribution in [0.3, 0.4) is 0 Å². The molecule has 0 aliphatic rings. The van der Waals surface area contributed by atoms with Crippen LogP contribution in [0.5, 0.6) is 0 Å². The van der Waals surface area contributed by atoms with E-state index in [-0.39, 0.29) is 36.4 Å². The lowest BCUT2D eigenvalue weighted by molar-refractivity contribution is -0.127. The molecule has 0 aliphatic carbocycles. The Balaban J connectivity index is 0.00000484. The highest BCUT2D eigenvalue weighted by molar-refractivity contribution is 14.0. The maximum Gasteiger partial charge on any atom is 0.241 e. The molecule has 1 rings (SSSR count). The third-order valence-electron chi connectivity index (χ3n) is 3.17. The third kappa shape index (κ3) is 8.75. The number of methoxy groups -OCH3 is 1. The van der Waals surface area contributed by atoms with Gasteiger partial charge in [-0.2, -0.15) is 0 Å². The molecule has 6 nitrogen and oxygen atoms in total. The van der Waals surface area contributed by atoms with E-state index in [1.54, 1.807) is 26.1 Å². The van der Waals surface area contributed by atoms with Crippen LogP contribution in [0.1, 0.15) is 11.1 Å². The van der Waals surface area contributed by atoms with Crippen LogP contribution in [0.15, 0.2) is 29.3 Å². The van der Waals surface area contributed by atoms with Crippen LogP contribution < -0.4 is 10.6 Å². The number of guanidine groups is 1. The second-order valence-electron chi connectivity index (χ2n) is 5.15. The van der Waals surface area contributed by atoms with Gasteiger partial charge in [0.15, 0.2) is 5.96 Å². The molecule has 130 valence electrons. The van der Waals surface area contributed by atoms with Gasteiger partial charge < -0.3 is 20.3 Å². The van der Waals surface area contributed by atoms with Crippen molar-refractivity contribution in [1.29, 1.82) is 0 Å². The zero-order valence-electron chi connectivity index (χ0n) is 14.3. The molecule has 1 aromatic carbocycles. The summed E-state index contributed by atoms with van der Waals surface area (Å²) < 4.78 is 5.02. The molecule has 0 atom stereocenters. The van der Waals surface area contributed by atoms with Gasteiger partial charge in [-0.05, 0) is 18.1 Å². The van der Waals surface area contributed by atoms with Crippen molar-refractivity contribution >= 4 is 35.8 Å². The summed E-state index contributed by atoms with van der Waals surface area (Å²) in [4.78, 5) is 17.7. The lowest BCUT2D eigenvalue weighted by Gasteiger charge is -2.15. The molecular weight excluding hydrogens is 407 g/mol. The number of likely N-dealkylation sites (N-methyl/N-ethyl adjacent to an activating group) is 1. The highest BCUT2D eigenvalue weighted by Gasteiger charge is 2.06. The number of amides is 1. The molecule has 2 N–H and O–H groups in total. The molecule has 1 aromatic rings. The molecule has 0 heterocycles. The fourth-order valence-corrected chi connectivity index (χ4v) is 1.71. The average Bonchev–Trinajstić information content (AvgIpc) is 2.50. The Morgan fingerprint density at radius 1 is 1.26 bits per heavy atom. The Kier molecular flexibility index (Phi) is 11.4. The first-order chi connectivity index (χ1) is 10.5. The molecule has 1 amide bonds. The monoisotopic (exact) mass is 434 g/mol. The number of hydrogen-bond acceptors (Lipinski definition) is 3. The van der Waals surface area contributed by atoms with E-state index in [2.05, 4.69) is 34.7 Å². The van der Waals surface area contributed by atoms with Crippen molar-refractivity contribution in [2.24, 2.45) is 4.99 Å². The van der Waals surface area contributed by atoms with Gasteiger partial charge in [0.25, 0.3) is 0 Å². The molecule has 0 spiro atoms. The van der Waals surface area contributed by atoms with E-state index in [1.165, 1.54) is 5.56 Å². The number of nitrogens with zero attached hydrogens (tertiary/aromatic N) is 2. The number of rotatable bonds is 7. The number of aliphatic imine (C=N–C) groups is 1. The normalized spacial score (nSPS) is 10.7. The van der Waals surface area contributed by atoms with Crippen LogP contribution in [-0.4, -0.2) is 57.7 Å². The summed E-state index contributed by atoms with van der Waals surface area (Å²) >= 11 is 0. The van der Waals surface area contributed by atoms with Gasteiger partial charge in [-0.3, -0.25) is 4.79 Å². The van der Waals surface area contributed by atoms with Crippen LogP contribution in [0.4, 0.5) is 0 Å². The Hall–Kier alpha value is -1.35. The number of benzene rings is 1. The van der Waals surface area contributed by atoms with E-state index in [0.29, 0.717) is 25.7 Å². The zero-order chi connectivity index (χ0) is 16.4. The first-order valence-corrected chi connectivity index (χ1v) is 7.30. The lowest BCUT2D eigenvalue weighted by Crippen LogP contribution is -2.43. The van der Waals surface area contributed by atoms with Crippen molar-refractivity contribution in [3.8, 4) is 0 Å². The largest absolute Gasteiger partial charge is 0.383 e. The van der Waals surface area contributed by atoms with Crippen LogP contribution in [-0.2, 0) is 16.1 Å². The van der Waals surface area contributed by atoms with Crippen LogP contribution in [0.2, 0.25) is 0 Å². The first kappa shape index (κ1) is 21.6. The summed E-state index contributed by atoms with van der Waals surface area (Å²) in [5.41, 5.74) is 2.36. The predicted molar refractivity (Wildman–Crippen MR) is 104 cm³/mol. The highest BCUT2D eigenvalue weighted by Crippen LogP contribution is 2.07. The second-order valence-corrected chi connectivity index (χ2v) is 5.15. The van der Waals surface area contributed by atoms with E-state index >= 15 is 0 Å². The maximum atomic E-state index is 11.7. The van der Waals surface area contributed by atoms with Crippen molar-refractivity contribution in [1.82, 2.24) is 15.5 Å². The van der Waals surface area contributed by atoms with Crippen molar-refractivity contribution in [3.05, 3.63) is 35.4 Å². The zero-order valence-corrected chi connectivity index (χ0v) is 16.6. The first-order valence-electron chi connectivity index (χ1n) is 7.30. The molecule has 0 saturated heterocycles. The standard InChI is InChI=1S/C16H26N4O2.HI/c1-13-7-5-6-8-14(13)11-18-16(17-9-10-22-4)19-12-15(21)20(2)3;/h5-8H,9-12H2,1-4H3,(H2,17,18,19);1H. The molecule has 0 unspecified atom stereocenters. The molecule has 0 aromatic heterocycles. The average molecular weight is 434 g/mol. The van der Waals surface area contributed by atoms with Gasteiger partial charge in [0.1, 0.15) is 0 Å². The van der Waals surface area contributed by atoms with Crippen molar-refractivity contribution in [2.45, 2.75) is 13.5 Å². The van der Waals surface area contributed by atoms with Gasteiger partial charge in [-0.1, -0.05) is 24.3 Å². The van der Waals surface area contributed by atoms with Crippen LogP contribution >= 0.6 is 24.0 Å². The summed E-state index contributed by atoms with van der Waals surface area (Å²) in [5, 5.41) is 6.19. The number of carbonyl (C=O) groups excluding carboxylic acids is 1. The van der Waals surface area contributed by atoms with E-state index < -0.39 is 0 Å². The van der Waals surface area contributed by atoms with Gasteiger partial charge in [0.2, 0.25) is 5.91 Å². The minimum absolute atomic E-state index is 0. The summed E-state index contributed by atoms with van der Waals surface area (Å²) in [7, 11) is 5.11. The number of ether oxygens (including phenoxy) is 1. The third-order valence-corrected chi connectivity index (χ3v) is 3.17. The number of hydrogen-bond donors (Lipinski definition) is 2. The minimum atomic E-state index is -0.00265. The Labute approximate surface area is 155 Å². The number of aryl methyl sites for hydroxylation is 1. The van der Waals surface area contributed by atoms with E-state index in [0.717, 1.165) is 5.56 Å². The molecule has 0 fully saturated rings. The topological polar surface area (TPSA) is 66.0 Å². The molecule has 0 saturated carbocycles. The highest BCUT2D eigenvalue weighted by atomic mass is 127. The fraction of sp³-hybridized carbons (Fsp3) is 0.500. The molecule has 0 radical (unpaired) electrons. The van der Waals surface area contributed by atoms with Gasteiger partial charge in [0, 0.05) is 27.7 Å². The van der Waals surface area contributed by atoms with Crippen molar-refractivity contribution in [2.75, 3.05) is 40.9 Å². The lowest BCUT2D eigenvalue weighted by atomic mass is 10.1. The Morgan fingerprint density at radius 2 is 1.96 bits per heavy atom. The maximum absolute atomic E-state index is 11.7. The molecule has 0 aliphatic heterocycles. The minimum Gasteiger partial charge on any atom is -0.383 e. The van der Waals surface area contributed by atoms with Gasteiger partial charge >= 0.3 is 0 Å². The van der Waals surface area contributed by atoms with Crippen molar-refractivity contribution in [3.63, 3.8) is 0 Å². The van der Waals surface area contributed by atoms with E-state index in [1.807, 2.05) is 12.1 Å². The summed E-state index contributed by atoms with van der Waals surface area (Å²) in [5.74, 6) is 0.604. The van der Waals surface area contributed by atoms with E-state index in [4.69, 9.17) is 4.74 Å². The van der Waals surface area contributed by atoms with E-state index in [9.17, 15) is 4.79 Å². The van der Waals surface area contributed by atoms with Gasteiger partial charge in [-0.15, -0.1) is 24.0 Å². The smallest absolute Gasteiger partial charge is 0.241 e. The van der Waals surface area contributed by atoms with Gasteiger partial charge in [-0.25, -0.2) is 4.99 Å². The summed E-state index contributed by atoms with van der Waals surface area (Å²) in [6, 6.07) is 8.12. The quantitative estimate of drug-likeness (QED) is 0.295.